The summed E-state index contributed by atoms with van der Waals surface area (Å²) in [5.74, 6) is 0.721. The number of hydrogen-bond acceptors (Lipinski definition) is 6. The molecule has 3 rings (SSSR count). The van der Waals surface area contributed by atoms with E-state index in [9.17, 15) is 9.90 Å². The van der Waals surface area contributed by atoms with Crippen molar-refractivity contribution >= 4 is 29.6 Å². The molecule has 7 heteroatoms. The highest BCUT2D eigenvalue weighted by molar-refractivity contribution is 6.17. The molecule has 0 aromatic heterocycles. The molecule has 1 aliphatic heterocycles. The largest absolute Gasteiger partial charge is 0.502 e. The molecule has 0 saturated heterocycles. The number of amides is 1. The minimum absolute atomic E-state index is 0.0951. The van der Waals surface area contributed by atoms with Crippen molar-refractivity contribution < 1.29 is 19.4 Å². The molecule has 166 valence electrons. The van der Waals surface area contributed by atoms with Crippen LogP contribution in [0.4, 0.5) is 5.69 Å². The van der Waals surface area contributed by atoms with E-state index in [0.29, 0.717) is 11.4 Å². The smallest absolute Gasteiger partial charge is 0.277 e. The molecule has 1 aliphatic rings. The van der Waals surface area contributed by atoms with Crippen molar-refractivity contribution in [2.24, 2.45) is 4.99 Å². The van der Waals surface area contributed by atoms with Gasteiger partial charge in [-0.2, -0.15) is 0 Å². The lowest BCUT2D eigenvalue weighted by atomic mass is 10.1. The zero-order valence-corrected chi connectivity index (χ0v) is 18.9. The molecule has 0 fully saturated rings. The summed E-state index contributed by atoms with van der Waals surface area (Å²) < 4.78 is 10.3. The Labute approximate surface area is 188 Å². The third-order valence-electron chi connectivity index (χ3n) is 4.96. The van der Waals surface area contributed by atoms with Crippen LogP contribution in [-0.4, -0.2) is 57.1 Å². The van der Waals surface area contributed by atoms with Gasteiger partial charge in [0.05, 0.1) is 14.2 Å². The van der Waals surface area contributed by atoms with Crippen LogP contribution >= 0.6 is 0 Å². The maximum absolute atomic E-state index is 12.6. The summed E-state index contributed by atoms with van der Waals surface area (Å²) in [6.07, 6.45) is 9.15. The van der Waals surface area contributed by atoms with Gasteiger partial charge in [-0.15, -0.1) is 0 Å². The molecule has 1 heterocycles. The number of hydrogen-bond donors (Lipinski definition) is 1. The molecule has 0 unspecified atom stereocenters. The minimum Gasteiger partial charge on any atom is -0.502 e. The number of aliphatic imine (C=N–C) groups is 1. The van der Waals surface area contributed by atoms with Crippen LogP contribution in [0, 0.1) is 0 Å². The average Bonchev–Trinajstić information content (AvgIpc) is 3.05. The average molecular weight is 434 g/mol. The first-order valence-electron chi connectivity index (χ1n) is 9.99. The number of amidine groups is 1. The first kappa shape index (κ1) is 22.7. The maximum Gasteiger partial charge on any atom is 0.277 e. The van der Waals surface area contributed by atoms with Gasteiger partial charge in [-0.1, -0.05) is 30.4 Å². The molecule has 2 aromatic carbocycles. The Balaban J connectivity index is 1.78. The van der Waals surface area contributed by atoms with E-state index in [2.05, 4.69) is 17.1 Å². The summed E-state index contributed by atoms with van der Waals surface area (Å²) in [5.41, 5.74) is 3.13. The van der Waals surface area contributed by atoms with E-state index >= 15 is 0 Å². The van der Waals surface area contributed by atoms with Crippen molar-refractivity contribution in [3.8, 4) is 17.2 Å². The number of rotatable bonds is 7. The molecular weight excluding hydrogens is 406 g/mol. The number of anilines is 1. The summed E-state index contributed by atoms with van der Waals surface area (Å²) in [6.45, 7) is 0. The molecular formula is C25H27N3O4. The second kappa shape index (κ2) is 9.87. The van der Waals surface area contributed by atoms with Gasteiger partial charge in [0.2, 0.25) is 5.75 Å². The summed E-state index contributed by atoms with van der Waals surface area (Å²) >= 11 is 0. The standard InChI is InChI=1S/C25H27N3O4/c1-27(2)19-12-10-17(11-13-19)8-6-7-9-23-26-20(25(30)28(23)3)14-18-15-21(31-4)24(29)22(16-18)32-5/h6-16,29H,1-5H3/b8-6+,9-7+,20-14-. The van der Waals surface area contributed by atoms with Crippen LogP contribution in [0.3, 0.4) is 0 Å². The third-order valence-corrected chi connectivity index (χ3v) is 4.96. The molecule has 0 aliphatic carbocycles. The lowest BCUT2D eigenvalue weighted by Crippen LogP contribution is -2.26. The summed E-state index contributed by atoms with van der Waals surface area (Å²) in [5, 5.41) is 10.1. The quantitative estimate of drug-likeness (QED) is 0.529. The topological polar surface area (TPSA) is 74.6 Å². The van der Waals surface area contributed by atoms with E-state index in [4.69, 9.17) is 9.47 Å². The van der Waals surface area contributed by atoms with E-state index in [-0.39, 0.29) is 28.9 Å². The van der Waals surface area contributed by atoms with Crippen molar-refractivity contribution in [1.82, 2.24) is 4.90 Å². The first-order valence-corrected chi connectivity index (χ1v) is 9.99. The Bertz CT molecular complexity index is 1090. The molecule has 0 spiro atoms. The van der Waals surface area contributed by atoms with Crippen LogP contribution in [0.15, 0.2) is 65.3 Å². The lowest BCUT2D eigenvalue weighted by Gasteiger charge is -2.11. The van der Waals surface area contributed by atoms with Gasteiger partial charge in [-0.25, -0.2) is 4.99 Å². The summed E-state index contributed by atoms with van der Waals surface area (Å²) in [4.78, 5) is 20.6. The van der Waals surface area contributed by atoms with Gasteiger partial charge in [0.1, 0.15) is 11.5 Å². The number of carbonyl (C=O) groups is 1. The molecule has 1 N–H and O–H groups in total. The number of ether oxygens (including phenoxy) is 2. The van der Waals surface area contributed by atoms with Crippen molar-refractivity contribution in [1.29, 1.82) is 0 Å². The fourth-order valence-corrected chi connectivity index (χ4v) is 3.11. The number of carbonyl (C=O) groups excluding carboxylic acids is 1. The Morgan fingerprint density at radius 1 is 0.969 bits per heavy atom. The maximum atomic E-state index is 12.6. The van der Waals surface area contributed by atoms with Crippen LogP contribution in [0.1, 0.15) is 11.1 Å². The van der Waals surface area contributed by atoms with Crippen LogP contribution < -0.4 is 14.4 Å². The summed E-state index contributed by atoms with van der Waals surface area (Å²) in [7, 11) is 8.58. The molecule has 1 amide bonds. The predicted octanol–water partition coefficient (Wildman–Crippen LogP) is 3.96. The van der Waals surface area contributed by atoms with E-state index < -0.39 is 0 Å². The monoisotopic (exact) mass is 433 g/mol. The van der Waals surface area contributed by atoms with Crippen molar-refractivity contribution in [3.63, 3.8) is 0 Å². The Hall–Kier alpha value is -4.00. The minimum atomic E-state index is -0.223. The second-order valence-electron chi connectivity index (χ2n) is 7.34. The molecule has 0 bridgehead atoms. The van der Waals surface area contributed by atoms with Gasteiger partial charge in [0.25, 0.3) is 5.91 Å². The zero-order valence-electron chi connectivity index (χ0n) is 18.9. The molecule has 32 heavy (non-hydrogen) atoms. The number of phenolic OH excluding ortho intramolecular Hbond substituents is 1. The highest BCUT2D eigenvalue weighted by Gasteiger charge is 2.25. The van der Waals surface area contributed by atoms with Crippen LogP contribution in [0.2, 0.25) is 0 Å². The Morgan fingerprint density at radius 3 is 2.12 bits per heavy atom. The van der Waals surface area contributed by atoms with E-state index in [0.717, 1.165) is 11.3 Å². The Morgan fingerprint density at radius 2 is 1.56 bits per heavy atom. The zero-order chi connectivity index (χ0) is 23.3. The lowest BCUT2D eigenvalue weighted by molar-refractivity contribution is -0.121. The number of aromatic hydroxyl groups is 1. The van der Waals surface area contributed by atoms with Crippen molar-refractivity contribution in [3.05, 3.63) is 71.5 Å². The fourth-order valence-electron chi connectivity index (χ4n) is 3.11. The molecule has 0 radical (unpaired) electrons. The van der Waals surface area contributed by atoms with E-state index in [1.165, 1.54) is 19.1 Å². The number of allylic oxidation sites excluding steroid dienone is 2. The SMILES string of the molecule is COc1cc(/C=C2N=C(/C=C/C=C/c3ccc(N(C)C)cc3)N(C)C\2=O)cc(OC)c1O. The van der Waals surface area contributed by atoms with Crippen LogP contribution in [-0.2, 0) is 4.79 Å². The van der Waals surface area contributed by atoms with Gasteiger partial charge in [-0.3, -0.25) is 9.69 Å². The predicted molar refractivity (Wildman–Crippen MR) is 128 cm³/mol. The first-order chi connectivity index (χ1) is 15.3. The highest BCUT2D eigenvalue weighted by atomic mass is 16.5. The van der Waals surface area contributed by atoms with E-state index in [1.807, 2.05) is 49.4 Å². The molecule has 7 nitrogen and oxygen atoms in total. The number of methoxy groups -OCH3 is 2. The van der Waals surface area contributed by atoms with Crippen molar-refractivity contribution in [2.45, 2.75) is 0 Å². The normalized spacial score (nSPS) is 15.2. The van der Waals surface area contributed by atoms with Gasteiger partial charge >= 0.3 is 0 Å². The van der Waals surface area contributed by atoms with E-state index in [1.54, 1.807) is 31.3 Å². The molecule has 0 saturated carbocycles. The van der Waals surface area contributed by atoms with Crippen LogP contribution in [0.25, 0.3) is 12.2 Å². The number of phenols is 1. The van der Waals surface area contributed by atoms with Crippen molar-refractivity contribution in [2.75, 3.05) is 40.3 Å². The van der Waals surface area contributed by atoms with Gasteiger partial charge in [0.15, 0.2) is 11.5 Å². The number of nitrogens with zero attached hydrogens (tertiary/aromatic N) is 3. The Kier molecular flexibility index (Phi) is 7.00. The molecule has 0 atom stereocenters. The highest BCUT2D eigenvalue weighted by Crippen LogP contribution is 2.38. The van der Waals surface area contributed by atoms with Gasteiger partial charge in [-0.05, 0) is 47.5 Å². The number of likely N-dealkylation sites (N-methyl/N-ethyl adjacent to an activating group) is 1. The second-order valence-corrected chi connectivity index (χ2v) is 7.34. The van der Waals surface area contributed by atoms with Gasteiger partial charge < -0.3 is 19.5 Å². The number of benzene rings is 2. The molecule has 2 aromatic rings. The van der Waals surface area contributed by atoms with Gasteiger partial charge in [0, 0.05) is 26.8 Å². The van der Waals surface area contributed by atoms with Crippen LogP contribution in [0.5, 0.6) is 17.2 Å². The third kappa shape index (κ3) is 5.00. The summed E-state index contributed by atoms with van der Waals surface area (Å²) in [6, 6.07) is 11.4. The fraction of sp³-hybridized carbons (Fsp3) is 0.200.